The molecule has 0 aromatic heterocycles. The first-order valence-corrected chi connectivity index (χ1v) is 8.19. The maximum atomic E-state index is 11.3. The Kier molecular flexibility index (Phi) is 3.14. The van der Waals surface area contributed by atoms with Crippen LogP contribution >= 0.6 is 0 Å². The summed E-state index contributed by atoms with van der Waals surface area (Å²) in [7, 11) is 0. The SMILES string of the molecule is O[C@@]1(c2ccccc2)C[C@@H]2CC[C@H]1C[C@@]2(O)c1ccccc1. The van der Waals surface area contributed by atoms with Crippen LogP contribution in [0.15, 0.2) is 60.7 Å². The Hall–Kier alpha value is -1.64. The molecule has 5 rings (SSSR count). The summed E-state index contributed by atoms with van der Waals surface area (Å²) in [6.45, 7) is 0. The molecule has 0 heterocycles. The van der Waals surface area contributed by atoms with Gasteiger partial charge in [-0.05, 0) is 48.6 Å². The van der Waals surface area contributed by atoms with Gasteiger partial charge in [-0.2, -0.15) is 0 Å². The lowest BCUT2D eigenvalue weighted by Gasteiger charge is -2.56. The van der Waals surface area contributed by atoms with E-state index in [0.29, 0.717) is 12.8 Å². The minimum absolute atomic E-state index is 0.116. The van der Waals surface area contributed by atoms with Crippen molar-refractivity contribution < 1.29 is 10.2 Å². The molecular weight excluding hydrogens is 272 g/mol. The van der Waals surface area contributed by atoms with E-state index in [4.69, 9.17) is 0 Å². The van der Waals surface area contributed by atoms with Gasteiger partial charge in [0, 0.05) is 0 Å². The lowest BCUT2D eigenvalue weighted by molar-refractivity contribution is -0.197. The molecule has 4 atom stereocenters. The van der Waals surface area contributed by atoms with Crippen molar-refractivity contribution in [1.82, 2.24) is 0 Å². The lowest BCUT2D eigenvalue weighted by atomic mass is 9.53. The van der Waals surface area contributed by atoms with E-state index in [-0.39, 0.29) is 11.8 Å². The van der Waals surface area contributed by atoms with Crippen molar-refractivity contribution in [2.45, 2.75) is 36.9 Å². The smallest absolute Gasteiger partial charge is 0.0929 e. The third kappa shape index (κ3) is 1.94. The number of rotatable bonds is 2. The molecule has 0 saturated heterocycles. The van der Waals surface area contributed by atoms with Gasteiger partial charge in [0.25, 0.3) is 0 Å². The van der Waals surface area contributed by atoms with Gasteiger partial charge in [-0.3, -0.25) is 0 Å². The molecule has 3 fully saturated rings. The number of fused-ring (bicyclic) bond motifs is 3. The van der Waals surface area contributed by atoms with Gasteiger partial charge < -0.3 is 10.2 Å². The van der Waals surface area contributed by atoms with Crippen LogP contribution in [0.1, 0.15) is 36.8 Å². The average Bonchev–Trinajstić information content (AvgIpc) is 2.58. The Bertz CT molecular complexity index is 594. The summed E-state index contributed by atoms with van der Waals surface area (Å²) >= 11 is 0. The maximum Gasteiger partial charge on any atom is 0.0929 e. The van der Waals surface area contributed by atoms with Gasteiger partial charge >= 0.3 is 0 Å². The molecule has 3 saturated carbocycles. The number of benzene rings is 2. The van der Waals surface area contributed by atoms with E-state index in [0.717, 1.165) is 24.0 Å². The Balaban J connectivity index is 1.71. The highest BCUT2D eigenvalue weighted by Crippen LogP contribution is 2.59. The van der Waals surface area contributed by atoms with Gasteiger partial charge in [-0.15, -0.1) is 0 Å². The molecule has 2 aromatic carbocycles. The molecule has 22 heavy (non-hydrogen) atoms. The summed E-state index contributed by atoms with van der Waals surface area (Å²) in [6, 6.07) is 20.0. The number of hydrogen-bond acceptors (Lipinski definition) is 2. The maximum absolute atomic E-state index is 11.3. The summed E-state index contributed by atoms with van der Waals surface area (Å²) in [4.78, 5) is 0. The third-order valence-corrected chi connectivity index (χ3v) is 5.88. The molecule has 0 aliphatic heterocycles. The summed E-state index contributed by atoms with van der Waals surface area (Å²) in [6.07, 6.45) is 3.27. The first-order chi connectivity index (χ1) is 10.6. The minimum Gasteiger partial charge on any atom is -0.385 e. The van der Waals surface area contributed by atoms with Crippen LogP contribution in [-0.4, -0.2) is 10.2 Å². The molecule has 2 nitrogen and oxygen atoms in total. The number of hydrogen-bond donors (Lipinski definition) is 2. The van der Waals surface area contributed by atoms with Crippen LogP contribution < -0.4 is 0 Å². The monoisotopic (exact) mass is 294 g/mol. The van der Waals surface area contributed by atoms with Crippen LogP contribution in [0, 0.1) is 11.8 Å². The van der Waals surface area contributed by atoms with Gasteiger partial charge in [-0.25, -0.2) is 0 Å². The van der Waals surface area contributed by atoms with Crippen LogP contribution in [0.4, 0.5) is 0 Å². The zero-order chi connectivity index (χ0) is 15.2. The van der Waals surface area contributed by atoms with Crippen molar-refractivity contribution in [1.29, 1.82) is 0 Å². The molecule has 2 heteroatoms. The predicted molar refractivity (Wildman–Crippen MR) is 86.1 cm³/mol. The van der Waals surface area contributed by atoms with E-state index in [2.05, 4.69) is 0 Å². The summed E-state index contributed by atoms with van der Waals surface area (Å²) < 4.78 is 0. The summed E-state index contributed by atoms with van der Waals surface area (Å²) in [5.41, 5.74) is 0.427. The van der Waals surface area contributed by atoms with Gasteiger partial charge in [0.15, 0.2) is 0 Å². The van der Waals surface area contributed by atoms with E-state index in [9.17, 15) is 10.2 Å². The van der Waals surface area contributed by atoms with E-state index >= 15 is 0 Å². The fourth-order valence-electron chi connectivity index (χ4n) is 4.67. The zero-order valence-electron chi connectivity index (χ0n) is 12.7. The van der Waals surface area contributed by atoms with Crippen LogP contribution in [0.2, 0.25) is 0 Å². The topological polar surface area (TPSA) is 40.5 Å². The minimum atomic E-state index is -0.787. The first-order valence-electron chi connectivity index (χ1n) is 8.19. The van der Waals surface area contributed by atoms with Gasteiger partial charge in [-0.1, -0.05) is 60.7 Å². The Morgan fingerprint density at radius 3 is 1.32 bits per heavy atom. The third-order valence-electron chi connectivity index (χ3n) is 5.88. The van der Waals surface area contributed by atoms with Gasteiger partial charge in [0.1, 0.15) is 0 Å². The molecule has 0 unspecified atom stereocenters. The summed E-state index contributed by atoms with van der Waals surface area (Å²) in [5.74, 6) is 0.232. The highest BCUT2D eigenvalue weighted by atomic mass is 16.3. The van der Waals surface area contributed by atoms with Crippen molar-refractivity contribution in [3.05, 3.63) is 71.8 Å². The lowest BCUT2D eigenvalue weighted by Crippen LogP contribution is -2.55. The predicted octanol–water partition coefficient (Wildman–Crippen LogP) is 3.58. The second kappa shape index (κ2) is 4.94. The molecule has 3 aliphatic carbocycles. The fourth-order valence-corrected chi connectivity index (χ4v) is 4.67. The van der Waals surface area contributed by atoms with Crippen molar-refractivity contribution in [3.63, 3.8) is 0 Å². The van der Waals surface area contributed by atoms with E-state index in [1.807, 2.05) is 60.7 Å². The van der Waals surface area contributed by atoms with E-state index in [1.54, 1.807) is 0 Å². The Morgan fingerprint density at radius 1 is 0.636 bits per heavy atom. The van der Waals surface area contributed by atoms with Crippen molar-refractivity contribution in [2.75, 3.05) is 0 Å². The zero-order valence-corrected chi connectivity index (χ0v) is 12.7. The second-order valence-electron chi connectivity index (χ2n) is 6.96. The summed E-state index contributed by atoms with van der Waals surface area (Å²) in [5, 5.41) is 22.6. The van der Waals surface area contributed by atoms with Crippen molar-refractivity contribution in [3.8, 4) is 0 Å². The molecular formula is C20H22O2. The molecule has 114 valence electrons. The van der Waals surface area contributed by atoms with E-state index < -0.39 is 11.2 Å². The Labute approximate surface area is 131 Å². The van der Waals surface area contributed by atoms with Crippen LogP contribution in [0.3, 0.4) is 0 Å². The molecule has 0 radical (unpaired) electrons. The standard InChI is InChI=1S/C20H22O2/c21-19(15-7-3-1-4-8-15)13-18-12-11-17(19)14-20(18,22)16-9-5-2-6-10-16/h1-10,17-18,21-22H,11-14H2/t17-,18-,19+,20+/m0/s1. The average molecular weight is 294 g/mol. The van der Waals surface area contributed by atoms with Crippen LogP contribution in [0.25, 0.3) is 0 Å². The van der Waals surface area contributed by atoms with Crippen LogP contribution in [0.5, 0.6) is 0 Å². The van der Waals surface area contributed by atoms with E-state index in [1.165, 1.54) is 0 Å². The largest absolute Gasteiger partial charge is 0.385 e. The number of aliphatic hydroxyl groups is 2. The molecule has 3 aliphatic rings. The van der Waals surface area contributed by atoms with Crippen molar-refractivity contribution >= 4 is 0 Å². The molecule has 2 aromatic rings. The molecule has 0 amide bonds. The van der Waals surface area contributed by atoms with Crippen molar-refractivity contribution in [2.24, 2.45) is 11.8 Å². The van der Waals surface area contributed by atoms with Crippen LogP contribution in [-0.2, 0) is 11.2 Å². The fraction of sp³-hybridized carbons (Fsp3) is 0.400. The quantitative estimate of drug-likeness (QED) is 0.888. The normalized spacial score (nSPS) is 37.2. The molecule has 2 N–H and O–H groups in total. The highest BCUT2D eigenvalue weighted by molar-refractivity contribution is 5.31. The van der Waals surface area contributed by atoms with Gasteiger partial charge in [0.05, 0.1) is 11.2 Å². The molecule has 0 spiro atoms. The highest BCUT2D eigenvalue weighted by Gasteiger charge is 2.57. The molecule has 2 bridgehead atoms. The Morgan fingerprint density at radius 2 is 1.00 bits per heavy atom. The first kappa shape index (κ1) is 14.0. The second-order valence-corrected chi connectivity index (χ2v) is 6.96. The van der Waals surface area contributed by atoms with Gasteiger partial charge in [0.2, 0.25) is 0 Å².